The third kappa shape index (κ3) is 5.68. The molecule has 3 unspecified atom stereocenters. The van der Waals surface area contributed by atoms with Crippen LogP contribution in [0.2, 0.25) is 0 Å². The Bertz CT molecular complexity index is 942. The molecule has 2 N–H and O–H groups in total. The van der Waals surface area contributed by atoms with Crippen LogP contribution in [0.15, 0.2) is 23.1 Å². The summed E-state index contributed by atoms with van der Waals surface area (Å²) < 4.78 is 32.7. The van der Waals surface area contributed by atoms with Crippen LogP contribution in [0.25, 0.3) is 0 Å². The molecule has 2 aliphatic rings. The molecule has 0 spiro atoms. The molecule has 1 saturated carbocycles. The third-order valence-corrected chi connectivity index (χ3v) is 8.41. The minimum atomic E-state index is -4.01. The Morgan fingerprint density at radius 3 is 2.53 bits per heavy atom. The Hall–Kier alpha value is -1.97. The molecular formula is C23H34N2O6S. The molecule has 1 aromatic carbocycles. The van der Waals surface area contributed by atoms with Crippen LogP contribution < -0.4 is 5.32 Å². The van der Waals surface area contributed by atoms with Gasteiger partial charge in [-0.15, -0.1) is 0 Å². The maximum Gasteiger partial charge on any atom is 0.325 e. The van der Waals surface area contributed by atoms with E-state index < -0.39 is 40.1 Å². The highest BCUT2D eigenvalue weighted by Crippen LogP contribution is 2.28. The van der Waals surface area contributed by atoms with Crippen LogP contribution in [0.5, 0.6) is 0 Å². The molecule has 0 bridgehead atoms. The summed E-state index contributed by atoms with van der Waals surface area (Å²) in [4.78, 5) is 25.3. The highest BCUT2D eigenvalue weighted by Gasteiger charge is 2.45. The van der Waals surface area contributed by atoms with Crippen LogP contribution >= 0.6 is 0 Å². The van der Waals surface area contributed by atoms with E-state index in [1.165, 1.54) is 32.3 Å². The quantitative estimate of drug-likeness (QED) is 0.595. The van der Waals surface area contributed by atoms with Gasteiger partial charge in [-0.05, 0) is 62.8 Å². The number of esters is 1. The number of aliphatic hydroxyl groups excluding tert-OH is 1. The zero-order valence-corrected chi connectivity index (χ0v) is 19.9. The number of β-amino-alcohol motifs (C(OH)–C–C–N with tert-alkyl or cyclic N) is 1. The zero-order chi connectivity index (χ0) is 23.5. The molecule has 0 aromatic heterocycles. The number of aliphatic hydroxyl groups is 1. The number of nitrogens with zero attached hydrogens (tertiary/aromatic N) is 1. The van der Waals surface area contributed by atoms with Gasteiger partial charge in [0.25, 0.3) is 5.91 Å². The molecule has 1 amide bonds. The Morgan fingerprint density at radius 1 is 1.19 bits per heavy atom. The molecule has 1 aromatic rings. The SMILES string of the molecule is Cc1ccc(S(=O)(=O)N2CC(O)CC2C(=O)OC(C)C(=O)NCC2CCCCC2)cc1C. The molecule has 3 rings (SSSR count). The maximum absolute atomic E-state index is 13.2. The summed E-state index contributed by atoms with van der Waals surface area (Å²) in [6, 6.07) is 3.58. The highest BCUT2D eigenvalue weighted by molar-refractivity contribution is 7.89. The lowest BCUT2D eigenvalue weighted by atomic mass is 9.89. The Balaban J connectivity index is 1.64. The average Bonchev–Trinajstić information content (AvgIpc) is 3.17. The molecule has 1 aliphatic carbocycles. The molecule has 8 nitrogen and oxygen atoms in total. The van der Waals surface area contributed by atoms with E-state index in [9.17, 15) is 23.1 Å². The fourth-order valence-corrected chi connectivity index (χ4v) is 6.07. The molecule has 9 heteroatoms. The molecule has 1 heterocycles. The van der Waals surface area contributed by atoms with E-state index in [1.54, 1.807) is 12.1 Å². The van der Waals surface area contributed by atoms with Gasteiger partial charge in [0.15, 0.2) is 6.10 Å². The van der Waals surface area contributed by atoms with Crippen LogP contribution in [0, 0.1) is 19.8 Å². The second kappa shape index (κ2) is 10.3. The van der Waals surface area contributed by atoms with Crippen molar-refractivity contribution < 1.29 is 27.9 Å². The van der Waals surface area contributed by atoms with Crippen molar-refractivity contribution >= 4 is 21.9 Å². The topological polar surface area (TPSA) is 113 Å². The number of amides is 1. The molecule has 0 radical (unpaired) electrons. The summed E-state index contributed by atoms with van der Waals surface area (Å²) >= 11 is 0. The second-order valence-electron chi connectivity index (χ2n) is 9.05. The Labute approximate surface area is 190 Å². The van der Waals surface area contributed by atoms with E-state index in [0.717, 1.165) is 28.3 Å². The van der Waals surface area contributed by atoms with Gasteiger partial charge in [-0.3, -0.25) is 9.59 Å². The van der Waals surface area contributed by atoms with Crippen LogP contribution in [0.4, 0.5) is 0 Å². The van der Waals surface area contributed by atoms with Crippen molar-refractivity contribution in [3.8, 4) is 0 Å². The van der Waals surface area contributed by atoms with Crippen molar-refractivity contribution in [3.05, 3.63) is 29.3 Å². The van der Waals surface area contributed by atoms with E-state index in [4.69, 9.17) is 4.74 Å². The number of benzene rings is 1. The number of aryl methyl sites for hydroxylation is 2. The van der Waals surface area contributed by atoms with Crippen molar-refractivity contribution in [2.24, 2.45) is 5.92 Å². The summed E-state index contributed by atoms with van der Waals surface area (Å²) in [7, 11) is -4.01. The van der Waals surface area contributed by atoms with E-state index in [2.05, 4.69) is 5.32 Å². The fourth-order valence-electron chi connectivity index (χ4n) is 4.36. The van der Waals surface area contributed by atoms with Gasteiger partial charge in [-0.2, -0.15) is 4.31 Å². The smallest absolute Gasteiger partial charge is 0.325 e. The number of hydrogen-bond acceptors (Lipinski definition) is 6. The predicted octanol–water partition coefficient (Wildman–Crippen LogP) is 2.06. The van der Waals surface area contributed by atoms with Crippen LogP contribution in [0.1, 0.15) is 56.6 Å². The minimum absolute atomic E-state index is 0.0609. The normalized spacial score (nSPS) is 23.6. The van der Waals surface area contributed by atoms with Crippen molar-refractivity contribution in [2.75, 3.05) is 13.1 Å². The maximum atomic E-state index is 13.2. The standard InChI is InChI=1S/C23H34N2O6S/c1-15-9-10-20(11-16(15)2)32(29,30)25-14-19(26)12-21(25)23(28)31-17(3)22(27)24-13-18-7-5-4-6-8-18/h9-11,17-19,21,26H,4-8,12-14H2,1-3H3,(H,24,27). The van der Waals surface area contributed by atoms with Gasteiger partial charge in [0.2, 0.25) is 10.0 Å². The first-order chi connectivity index (χ1) is 15.1. The van der Waals surface area contributed by atoms with Crippen LogP contribution in [-0.4, -0.2) is 61.0 Å². The first-order valence-electron chi connectivity index (χ1n) is 11.3. The molecule has 178 valence electrons. The molecule has 2 fully saturated rings. The highest BCUT2D eigenvalue weighted by atomic mass is 32.2. The lowest BCUT2D eigenvalue weighted by molar-refractivity contribution is -0.158. The van der Waals surface area contributed by atoms with Gasteiger partial charge in [0.05, 0.1) is 11.0 Å². The molecular weight excluding hydrogens is 432 g/mol. The summed E-state index contributed by atoms with van der Waals surface area (Å²) in [6.07, 6.45) is 3.63. The summed E-state index contributed by atoms with van der Waals surface area (Å²) in [5.41, 5.74) is 1.77. The number of ether oxygens (including phenoxy) is 1. The second-order valence-corrected chi connectivity index (χ2v) is 10.9. The number of rotatable bonds is 7. The van der Waals surface area contributed by atoms with Crippen LogP contribution in [0.3, 0.4) is 0 Å². The first kappa shape index (κ1) is 24.7. The van der Waals surface area contributed by atoms with Gasteiger partial charge < -0.3 is 15.2 Å². The van der Waals surface area contributed by atoms with Gasteiger partial charge in [-0.1, -0.05) is 25.3 Å². The molecule has 1 saturated heterocycles. The molecule has 32 heavy (non-hydrogen) atoms. The summed E-state index contributed by atoms with van der Waals surface area (Å²) in [5, 5.41) is 12.9. The average molecular weight is 467 g/mol. The summed E-state index contributed by atoms with van der Waals surface area (Å²) in [6.45, 7) is 5.52. The fraction of sp³-hybridized carbons (Fsp3) is 0.652. The Morgan fingerprint density at radius 2 is 1.88 bits per heavy atom. The van der Waals surface area contributed by atoms with E-state index in [0.29, 0.717) is 12.5 Å². The van der Waals surface area contributed by atoms with Gasteiger partial charge >= 0.3 is 5.97 Å². The largest absolute Gasteiger partial charge is 0.451 e. The van der Waals surface area contributed by atoms with Gasteiger partial charge in [0, 0.05) is 19.5 Å². The van der Waals surface area contributed by atoms with Gasteiger partial charge in [-0.25, -0.2) is 8.42 Å². The summed E-state index contributed by atoms with van der Waals surface area (Å²) in [5.74, 6) is -0.778. The zero-order valence-electron chi connectivity index (χ0n) is 19.0. The number of nitrogens with one attached hydrogen (secondary N) is 1. The lowest BCUT2D eigenvalue weighted by Crippen LogP contribution is -2.45. The Kier molecular flexibility index (Phi) is 7.95. The van der Waals surface area contributed by atoms with Crippen molar-refractivity contribution in [2.45, 2.75) is 82.4 Å². The lowest BCUT2D eigenvalue weighted by Gasteiger charge is -2.25. The van der Waals surface area contributed by atoms with Crippen LogP contribution in [-0.2, 0) is 24.3 Å². The third-order valence-electron chi connectivity index (χ3n) is 6.54. The number of carbonyl (C=O) groups is 2. The van der Waals surface area contributed by atoms with Gasteiger partial charge in [0.1, 0.15) is 6.04 Å². The molecule has 3 atom stereocenters. The minimum Gasteiger partial charge on any atom is -0.451 e. The van der Waals surface area contributed by atoms with E-state index in [1.807, 2.05) is 13.8 Å². The number of hydrogen-bond donors (Lipinski definition) is 2. The first-order valence-corrected chi connectivity index (χ1v) is 12.8. The van der Waals surface area contributed by atoms with E-state index in [-0.39, 0.29) is 17.9 Å². The van der Waals surface area contributed by atoms with E-state index >= 15 is 0 Å². The van der Waals surface area contributed by atoms with Crippen molar-refractivity contribution in [1.29, 1.82) is 0 Å². The van der Waals surface area contributed by atoms with Crippen molar-refractivity contribution in [1.82, 2.24) is 9.62 Å². The molecule has 1 aliphatic heterocycles. The predicted molar refractivity (Wildman–Crippen MR) is 119 cm³/mol. The number of sulfonamides is 1. The monoisotopic (exact) mass is 466 g/mol. The number of carbonyl (C=O) groups excluding carboxylic acids is 2. The van der Waals surface area contributed by atoms with Crippen molar-refractivity contribution in [3.63, 3.8) is 0 Å².